The van der Waals surface area contributed by atoms with E-state index in [0.717, 1.165) is 0 Å². The number of nitrogens with two attached hydrogens (primary N) is 1. The highest BCUT2D eigenvalue weighted by molar-refractivity contribution is 7.71. The summed E-state index contributed by atoms with van der Waals surface area (Å²) < 4.78 is 2.98. The van der Waals surface area contributed by atoms with Crippen LogP contribution in [0, 0.1) is 4.77 Å². The number of H-pyrrole nitrogens is 2. The molecule has 0 aromatic carbocycles. The van der Waals surface area contributed by atoms with Crippen LogP contribution < -0.4 is 16.9 Å². The van der Waals surface area contributed by atoms with Gasteiger partial charge in [-0.2, -0.15) is 4.98 Å². The van der Waals surface area contributed by atoms with E-state index in [1.807, 2.05) is 0 Å². The Morgan fingerprint density at radius 1 is 1.26 bits per heavy atom. The molecule has 0 bridgehead atoms. The largest absolute Gasteiger partial charge is 0.369 e. The standard InChI is InChI=1S/C9H7N7O2S/c10-8-13-6-5(7(18)14-8)11-3-16(6)15-2-1-4(17)12-9(15)19/h1-3H,(H,12,17,19)(H3,10,13,14,18). The van der Waals surface area contributed by atoms with Gasteiger partial charge in [-0.05, 0) is 12.2 Å². The van der Waals surface area contributed by atoms with Crippen LogP contribution in [-0.4, -0.2) is 29.3 Å². The fraction of sp³-hybridized carbons (Fsp3) is 0. The Kier molecular flexibility index (Phi) is 2.32. The summed E-state index contributed by atoms with van der Waals surface area (Å²) in [7, 11) is 0. The van der Waals surface area contributed by atoms with Crippen molar-refractivity contribution in [3.05, 3.63) is 44.1 Å². The maximum absolute atomic E-state index is 11.6. The second-order valence-corrected chi connectivity index (χ2v) is 4.05. The number of nitrogens with zero attached hydrogens (tertiary/aromatic N) is 4. The van der Waals surface area contributed by atoms with Crippen LogP contribution in [0.5, 0.6) is 0 Å². The molecule has 3 rings (SSSR count). The molecule has 4 N–H and O–H groups in total. The summed E-state index contributed by atoms with van der Waals surface area (Å²) in [5, 5.41) is 0. The molecule has 0 saturated carbocycles. The van der Waals surface area contributed by atoms with Crippen molar-refractivity contribution in [2.75, 3.05) is 5.73 Å². The summed E-state index contributed by atoms with van der Waals surface area (Å²) in [6, 6.07) is 1.29. The van der Waals surface area contributed by atoms with Gasteiger partial charge in [0.05, 0.1) is 0 Å². The van der Waals surface area contributed by atoms with Crippen molar-refractivity contribution in [3.63, 3.8) is 0 Å². The Balaban J connectivity index is 2.41. The summed E-state index contributed by atoms with van der Waals surface area (Å²) in [6.07, 6.45) is 2.81. The highest BCUT2D eigenvalue weighted by atomic mass is 32.1. The SMILES string of the molecule is Nc1nc2c(ncn2-n2ccc(=O)[nH]c2=S)c(=O)[nH]1. The van der Waals surface area contributed by atoms with Gasteiger partial charge in [-0.1, -0.05) is 0 Å². The van der Waals surface area contributed by atoms with Gasteiger partial charge >= 0.3 is 0 Å². The van der Waals surface area contributed by atoms with Crippen molar-refractivity contribution >= 4 is 29.3 Å². The number of imidazole rings is 1. The van der Waals surface area contributed by atoms with Crippen LogP contribution in [-0.2, 0) is 0 Å². The number of fused-ring (bicyclic) bond motifs is 1. The Bertz CT molecular complexity index is 947. The minimum atomic E-state index is -0.447. The van der Waals surface area contributed by atoms with Gasteiger partial charge in [-0.25, -0.2) is 14.3 Å². The second-order valence-electron chi connectivity index (χ2n) is 3.67. The van der Waals surface area contributed by atoms with Crippen molar-refractivity contribution in [3.8, 4) is 0 Å². The van der Waals surface area contributed by atoms with Gasteiger partial charge in [-0.3, -0.25) is 19.6 Å². The molecule has 0 fully saturated rings. The number of rotatable bonds is 1. The van der Waals surface area contributed by atoms with Crippen LogP contribution in [0.1, 0.15) is 0 Å². The maximum Gasteiger partial charge on any atom is 0.280 e. The van der Waals surface area contributed by atoms with Gasteiger partial charge in [-0.15, -0.1) is 0 Å². The van der Waals surface area contributed by atoms with E-state index in [1.54, 1.807) is 0 Å². The number of anilines is 1. The van der Waals surface area contributed by atoms with E-state index in [1.165, 1.54) is 27.9 Å². The maximum atomic E-state index is 11.6. The van der Waals surface area contributed by atoms with E-state index in [4.69, 9.17) is 18.0 Å². The predicted molar refractivity (Wildman–Crippen MR) is 69.2 cm³/mol. The Morgan fingerprint density at radius 3 is 2.79 bits per heavy atom. The highest BCUT2D eigenvalue weighted by Crippen LogP contribution is 2.06. The lowest BCUT2D eigenvalue weighted by Crippen LogP contribution is -2.18. The molecule has 3 aromatic rings. The first-order valence-electron chi connectivity index (χ1n) is 5.12. The second kappa shape index (κ2) is 3.88. The zero-order chi connectivity index (χ0) is 13.6. The zero-order valence-corrected chi connectivity index (χ0v) is 10.1. The van der Waals surface area contributed by atoms with Crippen LogP contribution in [0.2, 0.25) is 0 Å². The van der Waals surface area contributed by atoms with E-state index >= 15 is 0 Å². The van der Waals surface area contributed by atoms with Crippen molar-refractivity contribution in [2.45, 2.75) is 0 Å². The van der Waals surface area contributed by atoms with E-state index in [-0.39, 0.29) is 27.4 Å². The number of hydrogen-bond donors (Lipinski definition) is 3. The quantitative estimate of drug-likeness (QED) is 0.501. The molecule has 10 heteroatoms. The van der Waals surface area contributed by atoms with E-state index in [2.05, 4.69) is 19.9 Å². The smallest absolute Gasteiger partial charge is 0.280 e. The van der Waals surface area contributed by atoms with Crippen molar-refractivity contribution in [1.82, 2.24) is 29.3 Å². The fourth-order valence-corrected chi connectivity index (χ4v) is 1.90. The normalized spacial score (nSPS) is 10.9. The topological polar surface area (TPSA) is 127 Å². The van der Waals surface area contributed by atoms with Crippen LogP contribution in [0.15, 0.2) is 28.2 Å². The molecule has 96 valence electrons. The van der Waals surface area contributed by atoms with E-state index in [0.29, 0.717) is 0 Å². The van der Waals surface area contributed by atoms with Crippen LogP contribution >= 0.6 is 12.2 Å². The molecule has 3 aromatic heterocycles. The number of nitrogen functional groups attached to an aromatic ring is 1. The molecule has 0 radical (unpaired) electrons. The predicted octanol–water partition coefficient (Wildman–Crippen LogP) is -0.768. The summed E-state index contributed by atoms with van der Waals surface area (Å²) in [4.78, 5) is 35.5. The molecule has 0 unspecified atom stereocenters. The van der Waals surface area contributed by atoms with E-state index < -0.39 is 5.56 Å². The van der Waals surface area contributed by atoms with Crippen LogP contribution in [0.4, 0.5) is 5.95 Å². The lowest BCUT2D eigenvalue weighted by atomic mass is 10.5. The molecule has 0 aliphatic rings. The molecule has 3 heterocycles. The summed E-state index contributed by atoms with van der Waals surface area (Å²) in [5.74, 6) is -0.0322. The lowest BCUT2D eigenvalue weighted by molar-refractivity contribution is 0.637. The van der Waals surface area contributed by atoms with E-state index in [9.17, 15) is 9.59 Å². The third kappa shape index (κ3) is 1.74. The number of aromatic nitrogens is 6. The molecule has 0 atom stereocenters. The molecule has 9 nitrogen and oxygen atoms in total. The monoisotopic (exact) mass is 277 g/mol. The van der Waals surface area contributed by atoms with Crippen molar-refractivity contribution < 1.29 is 0 Å². The molecule has 0 saturated heterocycles. The number of hydrogen-bond acceptors (Lipinski definition) is 6. The van der Waals surface area contributed by atoms with Gasteiger partial charge in [0, 0.05) is 12.3 Å². The van der Waals surface area contributed by atoms with Crippen molar-refractivity contribution in [2.24, 2.45) is 0 Å². The highest BCUT2D eigenvalue weighted by Gasteiger charge is 2.10. The van der Waals surface area contributed by atoms with Gasteiger partial charge < -0.3 is 5.73 Å². The first kappa shape index (κ1) is 11.3. The minimum absolute atomic E-state index is 0.0322. The molecular formula is C9H7N7O2S. The first-order chi connectivity index (χ1) is 9.06. The van der Waals surface area contributed by atoms with Crippen LogP contribution in [0.3, 0.4) is 0 Å². The Labute approximate surface area is 109 Å². The number of nitrogens with one attached hydrogen (secondary N) is 2. The van der Waals surface area contributed by atoms with Crippen molar-refractivity contribution in [1.29, 1.82) is 0 Å². The van der Waals surface area contributed by atoms with Gasteiger partial charge in [0.15, 0.2) is 15.9 Å². The molecular weight excluding hydrogens is 270 g/mol. The summed E-state index contributed by atoms with van der Waals surface area (Å²) in [6.45, 7) is 0. The molecule has 0 aliphatic heterocycles. The zero-order valence-electron chi connectivity index (χ0n) is 9.32. The average Bonchev–Trinajstić information content (AvgIpc) is 2.73. The number of aromatic amines is 2. The summed E-state index contributed by atoms with van der Waals surface area (Å²) >= 11 is 5.03. The van der Waals surface area contributed by atoms with Gasteiger partial charge in [0.2, 0.25) is 5.95 Å². The van der Waals surface area contributed by atoms with Gasteiger partial charge in [0.1, 0.15) is 6.33 Å². The summed E-state index contributed by atoms with van der Waals surface area (Å²) in [5.41, 5.74) is 5.09. The Morgan fingerprint density at radius 2 is 2.05 bits per heavy atom. The third-order valence-corrected chi connectivity index (χ3v) is 2.73. The van der Waals surface area contributed by atoms with Gasteiger partial charge in [0.25, 0.3) is 11.1 Å². The fourth-order valence-electron chi connectivity index (χ4n) is 1.65. The molecule has 0 aliphatic carbocycles. The average molecular weight is 277 g/mol. The lowest BCUT2D eigenvalue weighted by Gasteiger charge is -2.07. The molecule has 0 spiro atoms. The van der Waals surface area contributed by atoms with Crippen LogP contribution in [0.25, 0.3) is 11.2 Å². The molecule has 19 heavy (non-hydrogen) atoms. The minimum Gasteiger partial charge on any atom is -0.369 e. The third-order valence-electron chi connectivity index (χ3n) is 2.45. The Hall–Kier alpha value is -2.75. The first-order valence-corrected chi connectivity index (χ1v) is 5.52. The molecule has 0 amide bonds.